The van der Waals surface area contributed by atoms with Crippen LogP contribution in [0.1, 0.15) is 38.7 Å². The van der Waals surface area contributed by atoms with Gasteiger partial charge in [0, 0.05) is 11.1 Å². The lowest BCUT2D eigenvalue weighted by molar-refractivity contribution is -0.113. The number of nitrogens with zero attached hydrogens (tertiary/aromatic N) is 3. The van der Waals surface area contributed by atoms with Crippen LogP contribution in [0.3, 0.4) is 0 Å². The molecule has 0 bridgehead atoms. The number of hydrogen-bond donors (Lipinski definition) is 1. The predicted octanol–water partition coefficient (Wildman–Crippen LogP) is 5.53. The molecule has 10 heteroatoms. The Morgan fingerprint density at radius 2 is 1.91 bits per heavy atom. The maximum atomic E-state index is 13.9. The molecule has 1 heterocycles. The highest BCUT2D eigenvalue weighted by atomic mass is 35.5. The highest BCUT2D eigenvalue weighted by molar-refractivity contribution is 7.99. The first kappa shape index (κ1) is 23.9. The molecule has 1 N–H and O–H groups in total. The van der Waals surface area contributed by atoms with Crippen LogP contribution in [0.2, 0.25) is 5.02 Å². The lowest BCUT2D eigenvalue weighted by atomic mass is 10.3. The van der Waals surface area contributed by atoms with Crippen LogP contribution in [0.25, 0.3) is 0 Å². The van der Waals surface area contributed by atoms with E-state index in [1.54, 1.807) is 7.11 Å². The number of ether oxygens (including phenoxy) is 2. The fourth-order valence-corrected chi connectivity index (χ4v) is 4.05. The average Bonchev–Trinajstić information content (AvgIpc) is 3.19. The number of carbonyl (C=O) groups is 1. The standard InChI is InChI=1S/C22H24ClFN4O3S/c1-13(2)28-21(14(3)31-19-8-6-5-7-18(19)30-4)26-27-22(28)32-12-20(29)25-17-10-9-15(23)11-16(17)24/h5-11,13-14H,12H2,1-4H3,(H,25,29). The van der Waals surface area contributed by atoms with E-state index in [1.165, 1.54) is 23.9 Å². The maximum Gasteiger partial charge on any atom is 0.234 e. The summed E-state index contributed by atoms with van der Waals surface area (Å²) in [5.74, 6) is 0.919. The van der Waals surface area contributed by atoms with Gasteiger partial charge in [0.25, 0.3) is 0 Å². The molecule has 0 aliphatic rings. The Morgan fingerprint density at radius 1 is 1.19 bits per heavy atom. The van der Waals surface area contributed by atoms with Crippen molar-refractivity contribution in [2.45, 2.75) is 38.1 Å². The Balaban J connectivity index is 1.71. The van der Waals surface area contributed by atoms with E-state index >= 15 is 0 Å². The van der Waals surface area contributed by atoms with Crippen molar-refractivity contribution in [3.63, 3.8) is 0 Å². The summed E-state index contributed by atoms with van der Waals surface area (Å²) in [6, 6.07) is 11.5. The van der Waals surface area contributed by atoms with Gasteiger partial charge in [-0.3, -0.25) is 4.79 Å². The van der Waals surface area contributed by atoms with Crippen molar-refractivity contribution in [1.82, 2.24) is 14.8 Å². The monoisotopic (exact) mass is 478 g/mol. The molecule has 0 saturated heterocycles. The lowest BCUT2D eigenvalue weighted by Crippen LogP contribution is -2.17. The van der Waals surface area contributed by atoms with E-state index in [4.69, 9.17) is 21.1 Å². The van der Waals surface area contributed by atoms with Crippen LogP contribution < -0.4 is 14.8 Å². The van der Waals surface area contributed by atoms with Crippen molar-refractivity contribution in [1.29, 1.82) is 0 Å². The van der Waals surface area contributed by atoms with Gasteiger partial charge < -0.3 is 19.4 Å². The highest BCUT2D eigenvalue weighted by Gasteiger charge is 2.23. The number of aromatic nitrogens is 3. The molecule has 0 radical (unpaired) electrons. The first-order chi connectivity index (χ1) is 15.3. The van der Waals surface area contributed by atoms with Crippen molar-refractivity contribution in [3.8, 4) is 11.5 Å². The Bertz CT molecular complexity index is 1090. The van der Waals surface area contributed by atoms with Crippen molar-refractivity contribution in [3.05, 3.63) is 59.1 Å². The summed E-state index contributed by atoms with van der Waals surface area (Å²) in [6.45, 7) is 5.87. The SMILES string of the molecule is COc1ccccc1OC(C)c1nnc(SCC(=O)Nc2ccc(Cl)cc2F)n1C(C)C. The van der Waals surface area contributed by atoms with Gasteiger partial charge in [0.2, 0.25) is 5.91 Å². The van der Waals surface area contributed by atoms with Crippen molar-refractivity contribution in [2.75, 3.05) is 18.2 Å². The van der Waals surface area contributed by atoms with E-state index in [0.29, 0.717) is 22.5 Å². The molecule has 1 atom stereocenters. The molecule has 7 nitrogen and oxygen atoms in total. The summed E-state index contributed by atoms with van der Waals surface area (Å²) in [6.07, 6.45) is -0.410. The molecule has 0 spiro atoms. The normalized spacial score (nSPS) is 12.0. The molecular weight excluding hydrogens is 455 g/mol. The lowest BCUT2D eigenvalue weighted by Gasteiger charge is -2.19. The van der Waals surface area contributed by atoms with Crippen LogP contribution >= 0.6 is 23.4 Å². The van der Waals surface area contributed by atoms with Gasteiger partial charge in [0.05, 0.1) is 18.6 Å². The Labute approximate surface area is 195 Å². The fourth-order valence-electron chi connectivity index (χ4n) is 3.02. The van der Waals surface area contributed by atoms with E-state index in [0.717, 1.165) is 6.07 Å². The largest absolute Gasteiger partial charge is 0.493 e. The summed E-state index contributed by atoms with van der Waals surface area (Å²) in [5.41, 5.74) is 0.0739. The second kappa shape index (κ2) is 10.7. The number of methoxy groups -OCH3 is 1. The zero-order chi connectivity index (χ0) is 23.3. The molecule has 0 saturated carbocycles. The Kier molecular flexibility index (Phi) is 7.98. The van der Waals surface area contributed by atoms with E-state index < -0.39 is 11.9 Å². The number of rotatable bonds is 9. The molecule has 2 aromatic carbocycles. The number of benzene rings is 2. The second-order valence-corrected chi connectivity index (χ2v) is 8.56. The van der Waals surface area contributed by atoms with Gasteiger partial charge in [-0.05, 0) is 51.1 Å². The number of thioether (sulfide) groups is 1. The summed E-state index contributed by atoms with van der Waals surface area (Å²) in [7, 11) is 1.58. The number of halogens is 2. The molecule has 0 aliphatic heterocycles. The molecule has 1 amide bonds. The molecule has 170 valence electrons. The van der Waals surface area contributed by atoms with Crippen molar-refractivity contribution in [2.24, 2.45) is 0 Å². The van der Waals surface area contributed by atoms with Crippen LogP contribution in [0.4, 0.5) is 10.1 Å². The minimum absolute atomic E-state index is 0.0305. The second-order valence-electron chi connectivity index (χ2n) is 7.18. The molecule has 3 aromatic rings. The number of nitrogens with one attached hydrogen (secondary N) is 1. The fraction of sp³-hybridized carbons (Fsp3) is 0.318. The number of anilines is 1. The maximum absolute atomic E-state index is 13.9. The van der Waals surface area contributed by atoms with E-state index in [-0.39, 0.29) is 28.4 Å². The van der Waals surface area contributed by atoms with Crippen molar-refractivity contribution >= 4 is 35.0 Å². The molecule has 1 aromatic heterocycles. The van der Waals surface area contributed by atoms with Crippen molar-refractivity contribution < 1.29 is 18.7 Å². The van der Waals surface area contributed by atoms with Gasteiger partial charge in [-0.2, -0.15) is 0 Å². The topological polar surface area (TPSA) is 78.3 Å². The number of para-hydroxylation sites is 2. The highest BCUT2D eigenvalue weighted by Crippen LogP contribution is 2.32. The first-order valence-electron chi connectivity index (χ1n) is 9.92. The third-order valence-corrected chi connectivity index (χ3v) is 5.66. The van der Waals surface area contributed by atoms with Gasteiger partial charge in [0.1, 0.15) is 5.82 Å². The third kappa shape index (κ3) is 5.72. The number of amides is 1. The van der Waals surface area contributed by atoms with Crippen LogP contribution in [0, 0.1) is 5.82 Å². The van der Waals surface area contributed by atoms with Gasteiger partial charge in [-0.25, -0.2) is 4.39 Å². The van der Waals surface area contributed by atoms with Gasteiger partial charge in [-0.15, -0.1) is 10.2 Å². The van der Waals surface area contributed by atoms with E-state index in [2.05, 4.69) is 15.5 Å². The van der Waals surface area contributed by atoms with Crippen LogP contribution in [0.15, 0.2) is 47.6 Å². The Morgan fingerprint density at radius 3 is 2.56 bits per heavy atom. The van der Waals surface area contributed by atoms with Gasteiger partial charge >= 0.3 is 0 Å². The zero-order valence-electron chi connectivity index (χ0n) is 18.1. The smallest absolute Gasteiger partial charge is 0.234 e. The van der Waals surface area contributed by atoms with Crippen LogP contribution in [0.5, 0.6) is 11.5 Å². The van der Waals surface area contributed by atoms with Gasteiger partial charge in [0.15, 0.2) is 28.6 Å². The minimum Gasteiger partial charge on any atom is -0.493 e. The summed E-state index contributed by atoms with van der Waals surface area (Å²) in [4.78, 5) is 12.3. The summed E-state index contributed by atoms with van der Waals surface area (Å²) < 4.78 is 27.2. The molecule has 32 heavy (non-hydrogen) atoms. The average molecular weight is 479 g/mol. The number of carbonyl (C=O) groups excluding carboxylic acids is 1. The molecule has 0 aliphatic carbocycles. The molecule has 0 fully saturated rings. The molecular formula is C22H24ClFN4O3S. The molecule has 1 unspecified atom stereocenters. The minimum atomic E-state index is -0.592. The summed E-state index contributed by atoms with van der Waals surface area (Å²) >= 11 is 6.96. The number of hydrogen-bond acceptors (Lipinski definition) is 6. The van der Waals surface area contributed by atoms with Gasteiger partial charge in [-0.1, -0.05) is 35.5 Å². The van der Waals surface area contributed by atoms with E-state index in [9.17, 15) is 9.18 Å². The van der Waals surface area contributed by atoms with E-state index in [1.807, 2.05) is 49.6 Å². The molecule has 3 rings (SSSR count). The quantitative estimate of drug-likeness (QED) is 0.407. The first-order valence-corrected chi connectivity index (χ1v) is 11.3. The summed E-state index contributed by atoms with van der Waals surface area (Å²) in [5, 5.41) is 11.9. The third-order valence-electron chi connectivity index (χ3n) is 4.48. The predicted molar refractivity (Wildman–Crippen MR) is 123 cm³/mol. The van der Waals surface area contributed by atoms with Crippen LogP contribution in [-0.4, -0.2) is 33.5 Å². The Hall–Kier alpha value is -2.78. The van der Waals surface area contributed by atoms with Crippen LogP contribution in [-0.2, 0) is 4.79 Å². The zero-order valence-corrected chi connectivity index (χ0v) is 19.7.